The molecule has 0 fully saturated rings. The highest BCUT2D eigenvalue weighted by Crippen LogP contribution is 2.10. The van der Waals surface area contributed by atoms with Gasteiger partial charge in [0, 0.05) is 12.5 Å². The maximum absolute atomic E-state index is 3.55. The molecular formula is C18H33N. The largest absolute Gasteiger partial charge is 0.316 e. The Kier molecular flexibility index (Phi) is 10.8. The first-order valence-electron chi connectivity index (χ1n) is 8.49. The Hall–Kier alpha value is -0.560. The van der Waals surface area contributed by atoms with Crippen LogP contribution in [0.15, 0.2) is 24.3 Å². The lowest BCUT2D eigenvalue weighted by atomic mass is 10.1. The molecule has 0 spiro atoms. The summed E-state index contributed by atoms with van der Waals surface area (Å²) in [5.74, 6) is 0.642. The van der Waals surface area contributed by atoms with Crippen molar-refractivity contribution in [1.82, 2.24) is 5.32 Å². The first-order chi connectivity index (χ1) is 9.43. The zero-order chi connectivity index (χ0) is 13.6. The normalized spacial score (nSPS) is 14.6. The van der Waals surface area contributed by atoms with Gasteiger partial charge in [0.2, 0.25) is 0 Å². The molecule has 0 aliphatic heterocycles. The van der Waals surface area contributed by atoms with Crippen molar-refractivity contribution in [3.63, 3.8) is 0 Å². The van der Waals surface area contributed by atoms with Crippen molar-refractivity contribution in [2.24, 2.45) is 5.92 Å². The molecule has 0 atom stereocenters. The molecule has 1 aliphatic carbocycles. The van der Waals surface area contributed by atoms with E-state index in [4.69, 9.17) is 0 Å². The van der Waals surface area contributed by atoms with E-state index in [2.05, 4.69) is 36.5 Å². The Labute approximate surface area is 120 Å². The highest BCUT2D eigenvalue weighted by atomic mass is 14.8. The van der Waals surface area contributed by atoms with E-state index in [1.807, 2.05) is 0 Å². The van der Waals surface area contributed by atoms with Crippen molar-refractivity contribution in [2.75, 3.05) is 13.1 Å². The minimum Gasteiger partial charge on any atom is -0.316 e. The molecule has 1 nitrogen and oxygen atoms in total. The Balaban J connectivity index is 1.69. The Morgan fingerprint density at radius 3 is 1.84 bits per heavy atom. The highest BCUT2D eigenvalue weighted by Gasteiger charge is 2.01. The summed E-state index contributed by atoms with van der Waals surface area (Å²) in [6.07, 6.45) is 23.1. The van der Waals surface area contributed by atoms with Gasteiger partial charge in [0.15, 0.2) is 0 Å². The summed E-state index contributed by atoms with van der Waals surface area (Å²) in [5.41, 5.74) is 0. The lowest BCUT2D eigenvalue weighted by Gasteiger charge is -2.07. The third-order valence-corrected chi connectivity index (χ3v) is 3.91. The van der Waals surface area contributed by atoms with Gasteiger partial charge in [0.1, 0.15) is 0 Å². The lowest BCUT2D eigenvalue weighted by Crippen LogP contribution is -2.21. The molecular weight excluding hydrogens is 230 g/mol. The molecule has 110 valence electrons. The second-order valence-corrected chi connectivity index (χ2v) is 5.82. The first kappa shape index (κ1) is 16.5. The van der Waals surface area contributed by atoms with Crippen molar-refractivity contribution < 1.29 is 0 Å². The zero-order valence-electron chi connectivity index (χ0n) is 12.9. The fraction of sp³-hybridized carbons (Fsp3) is 0.778. The molecule has 0 amide bonds. The molecule has 0 bridgehead atoms. The van der Waals surface area contributed by atoms with Crippen LogP contribution in [0.3, 0.4) is 0 Å². The van der Waals surface area contributed by atoms with Crippen molar-refractivity contribution in [1.29, 1.82) is 0 Å². The Morgan fingerprint density at radius 2 is 1.26 bits per heavy atom. The predicted molar refractivity (Wildman–Crippen MR) is 86.5 cm³/mol. The smallest absolute Gasteiger partial charge is 0.00779 e. The number of nitrogens with one attached hydrogen (secondary N) is 1. The van der Waals surface area contributed by atoms with Gasteiger partial charge in [-0.15, -0.1) is 0 Å². The quantitative estimate of drug-likeness (QED) is 0.448. The number of allylic oxidation sites excluding steroid dienone is 2. The summed E-state index contributed by atoms with van der Waals surface area (Å²) in [4.78, 5) is 0. The Morgan fingerprint density at radius 1 is 0.737 bits per heavy atom. The monoisotopic (exact) mass is 263 g/mol. The SMILES string of the molecule is CCCCCCCCCCCCNCC1C=CC=C1. The molecule has 0 unspecified atom stereocenters. The summed E-state index contributed by atoms with van der Waals surface area (Å²) in [5, 5.41) is 3.55. The van der Waals surface area contributed by atoms with Crippen molar-refractivity contribution in [3.8, 4) is 0 Å². The van der Waals surface area contributed by atoms with Crippen LogP contribution in [0.4, 0.5) is 0 Å². The molecule has 0 aromatic carbocycles. The average molecular weight is 263 g/mol. The van der Waals surface area contributed by atoms with Crippen molar-refractivity contribution >= 4 is 0 Å². The van der Waals surface area contributed by atoms with E-state index in [1.54, 1.807) is 0 Å². The van der Waals surface area contributed by atoms with E-state index in [-0.39, 0.29) is 0 Å². The van der Waals surface area contributed by atoms with Crippen LogP contribution >= 0.6 is 0 Å². The molecule has 1 aliphatic rings. The fourth-order valence-corrected chi connectivity index (χ4v) is 2.62. The second kappa shape index (κ2) is 12.5. The van der Waals surface area contributed by atoms with E-state index in [9.17, 15) is 0 Å². The van der Waals surface area contributed by atoms with Crippen molar-refractivity contribution in [2.45, 2.75) is 71.1 Å². The van der Waals surface area contributed by atoms with Crippen LogP contribution in [0, 0.1) is 5.92 Å². The lowest BCUT2D eigenvalue weighted by molar-refractivity contribution is 0.538. The summed E-state index contributed by atoms with van der Waals surface area (Å²) < 4.78 is 0. The standard InChI is InChI=1S/C18H33N/c1-2-3-4-5-6-7-8-9-10-13-16-19-17-18-14-11-12-15-18/h11-12,14-15,18-19H,2-10,13,16-17H2,1H3. The van der Waals surface area contributed by atoms with Gasteiger partial charge >= 0.3 is 0 Å². The minimum atomic E-state index is 0.642. The molecule has 0 saturated heterocycles. The maximum atomic E-state index is 3.55. The molecule has 0 saturated carbocycles. The molecule has 1 rings (SSSR count). The molecule has 0 radical (unpaired) electrons. The zero-order valence-corrected chi connectivity index (χ0v) is 12.9. The highest BCUT2D eigenvalue weighted by molar-refractivity contribution is 5.17. The topological polar surface area (TPSA) is 12.0 Å². The van der Waals surface area contributed by atoms with Crippen LogP contribution in [0.5, 0.6) is 0 Å². The molecule has 0 aromatic rings. The van der Waals surface area contributed by atoms with Crippen LogP contribution < -0.4 is 5.32 Å². The summed E-state index contributed by atoms with van der Waals surface area (Å²) in [6.45, 7) is 4.59. The summed E-state index contributed by atoms with van der Waals surface area (Å²) in [6, 6.07) is 0. The maximum Gasteiger partial charge on any atom is 0.00779 e. The first-order valence-corrected chi connectivity index (χ1v) is 8.49. The second-order valence-electron chi connectivity index (χ2n) is 5.82. The number of unbranched alkanes of at least 4 members (excludes halogenated alkanes) is 9. The van der Waals surface area contributed by atoms with Crippen LogP contribution in [0.2, 0.25) is 0 Å². The summed E-state index contributed by atoms with van der Waals surface area (Å²) >= 11 is 0. The molecule has 1 heteroatoms. The van der Waals surface area contributed by atoms with Crippen LogP contribution in [0.25, 0.3) is 0 Å². The average Bonchev–Trinajstić information content (AvgIpc) is 2.93. The third kappa shape index (κ3) is 9.95. The van der Waals surface area contributed by atoms with Gasteiger partial charge in [0.25, 0.3) is 0 Å². The van der Waals surface area contributed by atoms with Gasteiger partial charge in [-0.2, -0.15) is 0 Å². The van der Waals surface area contributed by atoms with Gasteiger partial charge in [-0.05, 0) is 13.0 Å². The third-order valence-electron chi connectivity index (χ3n) is 3.91. The van der Waals surface area contributed by atoms with E-state index in [0.717, 1.165) is 6.54 Å². The van der Waals surface area contributed by atoms with Crippen LogP contribution in [-0.2, 0) is 0 Å². The van der Waals surface area contributed by atoms with E-state index in [1.165, 1.54) is 70.8 Å². The van der Waals surface area contributed by atoms with Crippen LogP contribution in [0.1, 0.15) is 71.1 Å². The predicted octanol–water partition coefficient (Wildman–Crippen LogP) is 5.24. The van der Waals surface area contributed by atoms with Gasteiger partial charge in [-0.3, -0.25) is 0 Å². The van der Waals surface area contributed by atoms with E-state index in [0.29, 0.717) is 5.92 Å². The number of rotatable bonds is 13. The molecule has 19 heavy (non-hydrogen) atoms. The summed E-state index contributed by atoms with van der Waals surface area (Å²) in [7, 11) is 0. The fourth-order valence-electron chi connectivity index (χ4n) is 2.62. The van der Waals surface area contributed by atoms with E-state index < -0.39 is 0 Å². The van der Waals surface area contributed by atoms with Gasteiger partial charge in [-0.1, -0.05) is 89.0 Å². The minimum absolute atomic E-state index is 0.642. The van der Waals surface area contributed by atoms with Gasteiger partial charge < -0.3 is 5.32 Å². The number of hydrogen-bond acceptors (Lipinski definition) is 1. The Bertz CT molecular complexity index is 230. The number of hydrogen-bond donors (Lipinski definition) is 1. The molecule has 0 aromatic heterocycles. The molecule has 1 N–H and O–H groups in total. The van der Waals surface area contributed by atoms with Gasteiger partial charge in [-0.25, -0.2) is 0 Å². The van der Waals surface area contributed by atoms with Crippen LogP contribution in [-0.4, -0.2) is 13.1 Å². The molecule has 0 heterocycles. The van der Waals surface area contributed by atoms with Crippen molar-refractivity contribution in [3.05, 3.63) is 24.3 Å². The van der Waals surface area contributed by atoms with Gasteiger partial charge in [0.05, 0.1) is 0 Å². The van der Waals surface area contributed by atoms with E-state index >= 15 is 0 Å².